The Bertz CT molecular complexity index is 555. The molecule has 0 bridgehead atoms. The zero-order valence-corrected chi connectivity index (χ0v) is 11.2. The largest absolute Gasteiger partial charge is 0.496 e. The number of anilines is 1. The highest BCUT2D eigenvalue weighted by Crippen LogP contribution is 2.34. The van der Waals surface area contributed by atoms with Crippen LogP contribution in [0.4, 0.5) is 5.82 Å². The van der Waals surface area contributed by atoms with E-state index in [4.69, 9.17) is 16.3 Å². The van der Waals surface area contributed by atoms with Gasteiger partial charge in [-0.15, -0.1) is 10.2 Å². The fraction of sp³-hybridized carbons (Fsp3) is 0.231. The Morgan fingerprint density at radius 3 is 2.56 bits per heavy atom. The van der Waals surface area contributed by atoms with Crippen molar-refractivity contribution in [3.8, 4) is 17.0 Å². The van der Waals surface area contributed by atoms with Gasteiger partial charge in [0.15, 0.2) is 0 Å². The minimum Gasteiger partial charge on any atom is -0.496 e. The number of aromatic nitrogens is 2. The standard InChI is InChI=1S/C13H14ClN3O/c1-8-6-9(14)7-10(13(8)18-3)11-4-5-12(15-2)17-16-11/h4-7H,1-3H3,(H,15,17). The van der Waals surface area contributed by atoms with E-state index in [1.807, 2.05) is 31.2 Å². The van der Waals surface area contributed by atoms with E-state index in [-0.39, 0.29) is 0 Å². The zero-order valence-electron chi connectivity index (χ0n) is 10.5. The Hall–Kier alpha value is -1.81. The van der Waals surface area contributed by atoms with E-state index >= 15 is 0 Å². The molecule has 0 spiro atoms. The average molecular weight is 264 g/mol. The molecule has 0 amide bonds. The lowest BCUT2D eigenvalue weighted by atomic mass is 10.1. The van der Waals surface area contributed by atoms with Crippen molar-refractivity contribution < 1.29 is 4.74 Å². The first kappa shape index (κ1) is 12.6. The summed E-state index contributed by atoms with van der Waals surface area (Å²) in [5, 5.41) is 11.8. The molecule has 94 valence electrons. The maximum Gasteiger partial charge on any atom is 0.148 e. The van der Waals surface area contributed by atoms with Gasteiger partial charge in [0.25, 0.3) is 0 Å². The lowest BCUT2D eigenvalue weighted by molar-refractivity contribution is 0.413. The molecule has 0 radical (unpaired) electrons. The topological polar surface area (TPSA) is 47.0 Å². The fourth-order valence-corrected chi connectivity index (χ4v) is 2.07. The summed E-state index contributed by atoms with van der Waals surface area (Å²) in [5.41, 5.74) is 2.55. The number of halogens is 1. The van der Waals surface area contributed by atoms with E-state index in [0.29, 0.717) is 5.02 Å². The molecule has 1 aromatic heterocycles. The SMILES string of the molecule is CNc1ccc(-c2cc(Cl)cc(C)c2OC)nn1. The van der Waals surface area contributed by atoms with Gasteiger partial charge in [-0.05, 0) is 36.8 Å². The van der Waals surface area contributed by atoms with Crippen LogP contribution in [0.1, 0.15) is 5.56 Å². The van der Waals surface area contributed by atoms with E-state index in [1.54, 1.807) is 14.2 Å². The van der Waals surface area contributed by atoms with Crippen LogP contribution in [0.5, 0.6) is 5.75 Å². The van der Waals surface area contributed by atoms with Gasteiger partial charge >= 0.3 is 0 Å². The van der Waals surface area contributed by atoms with Crippen molar-refractivity contribution in [3.05, 3.63) is 34.9 Å². The molecule has 2 rings (SSSR count). The molecule has 0 fully saturated rings. The third kappa shape index (κ3) is 2.38. The summed E-state index contributed by atoms with van der Waals surface area (Å²) in [6.07, 6.45) is 0. The molecule has 5 heteroatoms. The van der Waals surface area contributed by atoms with Gasteiger partial charge in [0, 0.05) is 17.6 Å². The summed E-state index contributed by atoms with van der Waals surface area (Å²) in [7, 11) is 3.43. The summed E-state index contributed by atoms with van der Waals surface area (Å²) in [5.74, 6) is 1.49. The van der Waals surface area contributed by atoms with Crippen LogP contribution in [-0.4, -0.2) is 24.4 Å². The van der Waals surface area contributed by atoms with Gasteiger partial charge in [0.2, 0.25) is 0 Å². The van der Waals surface area contributed by atoms with Gasteiger partial charge in [-0.25, -0.2) is 0 Å². The second-order valence-electron chi connectivity index (χ2n) is 3.86. The molecule has 1 heterocycles. The smallest absolute Gasteiger partial charge is 0.148 e. The van der Waals surface area contributed by atoms with E-state index in [9.17, 15) is 0 Å². The normalized spacial score (nSPS) is 10.2. The Kier molecular flexibility index (Phi) is 3.67. The second-order valence-corrected chi connectivity index (χ2v) is 4.29. The van der Waals surface area contributed by atoms with Gasteiger partial charge in [-0.2, -0.15) is 0 Å². The number of benzene rings is 1. The van der Waals surface area contributed by atoms with Crippen molar-refractivity contribution >= 4 is 17.4 Å². The number of aryl methyl sites for hydroxylation is 1. The van der Waals surface area contributed by atoms with E-state index < -0.39 is 0 Å². The molecule has 0 atom stereocenters. The summed E-state index contributed by atoms with van der Waals surface area (Å²) in [6, 6.07) is 7.43. The molecule has 18 heavy (non-hydrogen) atoms. The number of nitrogens with one attached hydrogen (secondary N) is 1. The third-order valence-corrected chi connectivity index (χ3v) is 2.86. The second kappa shape index (κ2) is 5.23. The lowest BCUT2D eigenvalue weighted by Gasteiger charge is -2.11. The predicted molar refractivity (Wildman–Crippen MR) is 73.3 cm³/mol. The predicted octanol–water partition coefficient (Wildman–Crippen LogP) is 3.16. The van der Waals surface area contributed by atoms with E-state index in [2.05, 4.69) is 15.5 Å². The van der Waals surface area contributed by atoms with Crippen molar-refractivity contribution in [1.82, 2.24) is 10.2 Å². The number of rotatable bonds is 3. The van der Waals surface area contributed by atoms with Crippen molar-refractivity contribution in [2.75, 3.05) is 19.5 Å². The number of hydrogen-bond acceptors (Lipinski definition) is 4. The first-order valence-corrected chi connectivity index (χ1v) is 5.89. The van der Waals surface area contributed by atoms with E-state index in [1.165, 1.54) is 0 Å². The van der Waals surface area contributed by atoms with Crippen LogP contribution in [0.15, 0.2) is 24.3 Å². The van der Waals surface area contributed by atoms with Crippen LogP contribution in [0.2, 0.25) is 5.02 Å². The molecule has 0 aliphatic rings. The number of hydrogen-bond donors (Lipinski definition) is 1. The number of nitrogens with zero attached hydrogens (tertiary/aromatic N) is 2. The Labute approximate surface area is 111 Å². The van der Waals surface area contributed by atoms with Crippen molar-refractivity contribution in [3.63, 3.8) is 0 Å². The van der Waals surface area contributed by atoms with Crippen LogP contribution < -0.4 is 10.1 Å². The van der Waals surface area contributed by atoms with E-state index in [0.717, 1.165) is 28.4 Å². The maximum atomic E-state index is 6.07. The first-order valence-electron chi connectivity index (χ1n) is 5.51. The summed E-state index contributed by atoms with van der Waals surface area (Å²) < 4.78 is 5.40. The van der Waals surface area contributed by atoms with Gasteiger partial charge in [0.1, 0.15) is 11.6 Å². The van der Waals surface area contributed by atoms with Crippen LogP contribution in [0.25, 0.3) is 11.3 Å². The monoisotopic (exact) mass is 263 g/mol. The molecule has 0 aliphatic carbocycles. The summed E-state index contributed by atoms with van der Waals surface area (Å²) in [4.78, 5) is 0. The third-order valence-electron chi connectivity index (χ3n) is 2.64. The molecule has 0 unspecified atom stereocenters. The lowest BCUT2D eigenvalue weighted by Crippen LogP contribution is -1.97. The van der Waals surface area contributed by atoms with Crippen LogP contribution in [0.3, 0.4) is 0 Å². The number of ether oxygens (including phenoxy) is 1. The molecular weight excluding hydrogens is 250 g/mol. The molecule has 4 nitrogen and oxygen atoms in total. The van der Waals surface area contributed by atoms with Crippen LogP contribution in [0, 0.1) is 6.92 Å². The summed E-state index contributed by atoms with van der Waals surface area (Å²) in [6.45, 7) is 1.95. The molecule has 0 aliphatic heterocycles. The Balaban J connectivity index is 2.54. The Morgan fingerprint density at radius 1 is 1.22 bits per heavy atom. The van der Waals surface area contributed by atoms with Crippen molar-refractivity contribution in [2.45, 2.75) is 6.92 Å². The maximum absolute atomic E-state index is 6.07. The average Bonchev–Trinajstić information content (AvgIpc) is 2.38. The first-order chi connectivity index (χ1) is 8.65. The number of methoxy groups -OCH3 is 1. The van der Waals surface area contributed by atoms with Crippen molar-refractivity contribution in [2.24, 2.45) is 0 Å². The molecule has 0 saturated heterocycles. The fourth-order valence-electron chi connectivity index (χ4n) is 1.80. The highest BCUT2D eigenvalue weighted by molar-refractivity contribution is 6.31. The molecule has 1 N–H and O–H groups in total. The molecule has 2 aromatic rings. The van der Waals surface area contributed by atoms with Gasteiger partial charge in [-0.3, -0.25) is 0 Å². The van der Waals surface area contributed by atoms with Crippen LogP contribution in [-0.2, 0) is 0 Å². The molecular formula is C13H14ClN3O. The van der Waals surface area contributed by atoms with Crippen molar-refractivity contribution in [1.29, 1.82) is 0 Å². The quantitative estimate of drug-likeness (QED) is 0.924. The zero-order chi connectivity index (χ0) is 13.1. The van der Waals surface area contributed by atoms with Crippen LogP contribution >= 0.6 is 11.6 Å². The minimum absolute atomic E-state index is 0.655. The molecule has 1 aromatic carbocycles. The minimum atomic E-state index is 0.655. The Morgan fingerprint density at radius 2 is 2.00 bits per heavy atom. The summed E-state index contributed by atoms with van der Waals surface area (Å²) >= 11 is 6.07. The van der Waals surface area contributed by atoms with Gasteiger partial charge in [0.05, 0.1) is 12.8 Å². The van der Waals surface area contributed by atoms with Gasteiger partial charge < -0.3 is 10.1 Å². The highest BCUT2D eigenvalue weighted by Gasteiger charge is 2.12. The molecule has 0 saturated carbocycles. The highest BCUT2D eigenvalue weighted by atomic mass is 35.5. The van der Waals surface area contributed by atoms with Gasteiger partial charge in [-0.1, -0.05) is 11.6 Å².